The van der Waals surface area contributed by atoms with Crippen molar-refractivity contribution < 1.29 is 23.7 Å². The van der Waals surface area contributed by atoms with Gasteiger partial charge in [0.1, 0.15) is 28.8 Å². The van der Waals surface area contributed by atoms with Crippen molar-refractivity contribution in [2.45, 2.75) is 52.4 Å². The lowest BCUT2D eigenvalue weighted by Gasteiger charge is -2.21. The highest BCUT2D eigenvalue weighted by Crippen LogP contribution is 2.39. The molecule has 4 aromatic carbocycles. The summed E-state index contributed by atoms with van der Waals surface area (Å²) in [6, 6.07) is 19.1. The van der Waals surface area contributed by atoms with Gasteiger partial charge < -0.3 is 41.0 Å². The molecule has 0 bridgehead atoms. The second-order valence-electron chi connectivity index (χ2n) is 11.2. The van der Waals surface area contributed by atoms with E-state index in [-0.39, 0.29) is 17.6 Å². The van der Waals surface area contributed by atoms with Crippen LogP contribution in [0.15, 0.2) is 60.7 Å². The van der Waals surface area contributed by atoms with Crippen molar-refractivity contribution in [2.24, 2.45) is 0 Å². The van der Waals surface area contributed by atoms with Gasteiger partial charge in [0, 0.05) is 24.0 Å². The van der Waals surface area contributed by atoms with Crippen molar-refractivity contribution in [3.63, 3.8) is 0 Å². The van der Waals surface area contributed by atoms with Crippen LogP contribution < -0.4 is 41.0 Å². The zero-order valence-corrected chi connectivity index (χ0v) is 28.0. The first-order chi connectivity index (χ1) is 22.1. The number of hydrogen-bond acceptors (Lipinski definition) is 9. The molecule has 46 heavy (non-hydrogen) atoms. The molecule has 9 heteroatoms. The fourth-order valence-corrected chi connectivity index (χ4v) is 5.60. The maximum Gasteiger partial charge on any atom is 0.147 e. The third kappa shape index (κ3) is 7.09. The quantitative estimate of drug-likeness (QED) is 0.103. The van der Waals surface area contributed by atoms with Crippen molar-refractivity contribution in [3.8, 4) is 23.0 Å². The third-order valence-corrected chi connectivity index (χ3v) is 8.51. The normalized spacial score (nSPS) is 12.2. The van der Waals surface area contributed by atoms with Crippen molar-refractivity contribution in [1.29, 1.82) is 0 Å². The molecule has 6 N–H and O–H groups in total. The summed E-state index contributed by atoms with van der Waals surface area (Å²) >= 11 is 0. The molecule has 244 valence electrons. The van der Waals surface area contributed by atoms with Gasteiger partial charge in [-0.1, -0.05) is 39.8 Å². The number of nitrogen functional groups attached to an aromatic ring is 2. The predicted octanol–water partition coefficient (Wildman–Crippen LogP) is 7.97. The predicted molar refractivity (Wildman–Crippen MR) is 188 cm³/mol. The van der Waals surface area contributed by atoms with Crippen LogP contribution in [0.2, 0.25) is 0 Å². The number of ether oxygens (including phenoxy) is 4. The Morgan fingerprint density at radius 1 is 0.587 bits per heavy atom. The first kappa shape index (κ1) is 33.8. The van der Waals surface area contributed by atoms with E-state index in [1.54, 1.807) is 28.4 Å². The number of carbonyl (C=O) groups excluding carboxylic acids is 1. The van der Waals surface area contributed by atoms with E-state index < -0.39 is 0 Å². The summed E-state index contributed by atoms with van der Waals surface area (Å²) in [7, 11) is 6.52. The molecule has 4 aromatic rings. The van der Waals surface area contributed by atoms with Gasteiger partial charge >= 0.3 is 0 Å². The molecule has 2 atom stereocenters. The number of rotatable bonds is 14. The Morgan fingerprint density at radius 2 is 0.957 bits per heavy atom. The van der Waals surface area contributed by atoms with E-state index in [0.29, 0.717) is 22.9 Å². The van der Waals surface area contributed by atoms with Crippen LogP contribution >= 0.6 is 0 Å². The Hall–Kier alpha value is -5.05. The van der Waals surface area contributed by atoms with Crippen molar-refractivity contribution in [3.05, 3.63) is 82.9 Å². The fraction of sp³-hybridized carbons (Fsp3) is 0.324. The summed E-state index contributed by atoms with van der Waals surface area (Å²) < 4.78 is 22.2. The van der Waals surface area contributed by atoms with E-state index in [0.717, 1.165) is 69.3 Å². The number of hydrogen-bond donors (Lipinski definition) is 4. The van der Waals surface area contributed by atoms with Crippen LogP contribution in [0, 0.1) is 0 Å². The smallest absolute Gasteiger partial charge is 0.147 e. The minimum absolute atomic E-state index is 0.0639. The lowest BCUT2D eigenvalue weighted by atomic mass is 9.85. The Morgan fingerprint density at radius 3 is 1.26 bits per heavy atom. The van der Waals surface area contributed by atoms with Gasteiger partial charge in [-0.05, 0) is 71.5 Å². The molecule has 0 fully saturated rings. The summed E-state index contributed by atoms with van der Waals surface area (Å²) in [4.78, 5) is 13.7. The highest BCUT2D eigenvalue weighted by Gasteiger charge is 2.24. The van der Waals surface area contributed by atoms with E-state index in [1.165, 1.54) is 0 Å². The molecule has 0 saturated heterocycles. The Kier molecular flexibility index (Phi) is 10.9. The minimum Gasteiger partial charge on any atom is -0.496 e. The van der Waals surface area contributed by atoms with Crippen LogP contribution in [-0.2, 0) is 17.6 Å². The molecule has 0 heterocycles. The number of carbonyl (C=O) groups is 1. The van der Waals surface area contributed by atoms with E-state index in [2.05, 4.69) is 24.5 Å². The molecule has 0 aliphatic heterocycles. The maximum absolute atomic E-state index is 13.7. The monoisotopic (exact) mass is 626 g/mol. The first-order valence-electron chi connectivity index (χ1n) is 15.4. The number of anilines is 6. The van der Waals surface area contributed by atoms with Crippen LogP contribution in [0.1, 0.15) is 61.8 Å². The number of Topliss-reactive ketones (excluding diaryl/α,β-unsaturated/α-hetero) is 1. The highest BCUT2D eigenvalue weighted by molar-refractivity contribution is 5.92. The number of methoxy groups -OCH3 is 4. The van der Waals surface area contributed by atoms with Crippen LogP contribution in [-0.4, -0.2) is 34.2 Å². The number of nitrogens with two attached hydrogens (primary N) is 2. The molecule has 0 radical (unpaired) electrons. The summed E-state index contributed by atoms with van der Waals surface area (Å²) in [6.07, 6.45) is 1.60. The summed E-state index contributed by atoms with van der Waals surface area (Å²) in [5.41, 5.74) is 20.8. The Balaban J connectivity index is 1.51. The zero-order chi connectivity index (χ0) is 33.5. The maximum atomic E-state index is 13.7. The molecule has 0 aromatic heterocycles. The Labute approximate surface area is 272 Å². The SMILES string of the molecule is CCc1cc(Nc2ccc(C(C)C(=O)C(C)c3ccc(Nc4cc(CC)c(OC)cc4OC)c(N)c3)cc2N)c(OC)cc1OC. The van der Waals surface area contributed by atoms with Crippen molar-refractivity contribution in [1.82, 2.24) is 0 Å². The number of ketones is 1. The molecular formula is C37H46N4O5. The highest BCUT2D eigenvalue weighted by atomic mass is 16.5. The van der Waals surface area contributed by atoms with E-state index in [9.17, 15) is 4.79 Å². The van der Waals surface area contributed by atoms with Gasteiger partial charge in [0.15, 0.2) is 0 Å². The summed E-state index contributed by atoms with van der Waals surface area (Å²) in [6.45, 7) is 7.94. The van der Waals surface area contributed by atoms with Gasteiger partial charge in [-0.3, -0.25) is 4.79 Å². The lowest BCUT2D eigenvalue weighted by Crippen LogP contribution is -2.17. The van der Waals surface area contributed by atoms with Crippen LogP contribution in [0.25, 0.3) is 0 Å². The molecule has 0 spiro atoms. The molecule has 0 amide bonds. The molecule has 9 nitrogen and oxygen atoms in total. The van der Waals surface area contributed by atoms with E-state index in [1.807, 2.05) is 74.5 Å². The van der Waals surface area contributed by atoms with Gasteiger partial charge in [-0.2, -0.15) is 0 Å². The molecule has 0 saturated carbocycles. The van der Waals surface area contributed by atoms with Gasteiger partial charge in [0.25, 0.3) is 0 Å². The molecule has 4 rings (SSSR count). The molecule has 0 aliphatic carbocycles. The first-order valence-corrected chi connectivity index (χ1v) is 15.4. The Bertz CT molecular complexity index is 1580. The van der Waals surface area contributed by atoms with Gasteiger partial charge in [0.05, 0.1) is 62.6 Å². The number of aryl methyl sites for hydroxylation is 2. The topological polar surface area (TPSA) is 130 Å². The van der Waals surface area contributed by atoms with Crippen LogP contribution in [0.5, 0.6) is 23.0 Å². The summed E-state index contributed by atoms with van der Waals surface area (Å²) in [5, 5.41) is 6.77. The van der Waals surface area contributed by atoms with Crippen molar-refractivity contribution >= 4 is 39.9 Å². The van der Waals surface area contributed by atoms with Crippen LogP contribution in [0.4, 0.5) is 34.1 Å². The number of nitrogens with one attached hydrogen (secondary N) is 2. The third-order valence-electron chi connectivity index (χ3n) is 8.51. The van der Waals surface area contributed by atoms with E-state index in [4.69, 9.17) is 30.4 Å². The number of benzene rings is 4. The second-order valence-corrected chi connectivity index (χ2v) is 11.2. The molecule has 2 unspecified atom stereocenters. The minimum atomic E-state index is -0.386. The molecular weight excluding hydrogens is 580 g/mol. The van der Waals surface area contributed by atoms with Gasteiger partial charge in [0.2, 0.25) is 0 Å². The fourth-order valence-electron chi connectivity index (χ4n) is 5.60. The van der Waals surface area contributed by atoms with E-state index >= 15 is 0 Å². The largest absolute Gasteiger partial charge is 0.496 e. The second kappa shape index (κ2) is 14.8. The van der Waals surface area contributed by atoms with Gasteiger partial charge in [-0.25, -0.2) is 0 Å². The summed E-state index contributed by atoms with van der Waals surface area (Å²) in [5.74, 6) is 2.12. The average Bonchev–Trinajstić information content (AvgIpc) is 3.08. The zero-order valence-electron chi connectivity index (χ0n) is 28.0. The van der Waals surface area contributed by atoms with Crippen molar-refractivity contribution in [2.75, 3.05) is 50.5 Å². The van der Waals surface area contributed by atoms with Gasteiger partial charge in [-0.15, -0.1) is 0 Å². The molecule has 0 aliphatic rings. The van der Waals surface area contributed by atoms with Crippen LogP contribution in [0.3, 0.4) is 0 Å². The average molecular weight is 627 g/mol. The lowest BCUT2D eigenvalue weighted by molar-refractivity contribution is -0.121. The standard InChI is InChI=1S/C37H46N4O5/c1-9-23-17-31(35(45-7)19-33(23)43-5)40-29-13-11-25(15-27(29)38)21(3)37(42)22(4)26-12-14-30(28(39)16-26)41-32-18-24(10-2)34(44-6)20-36(32)46-8/h11-22,40-41H,9-10,38-39H2,1-8H3.